The molecule has 0 aliphatic rings. The molecular formula is C10H16F3N3. The number of aromatic nitrogens is 2. The number of hydrogen-bond acceptors (Lipinski definition) is 2. The highest BCUT2D eigenvalue weighted by Crippen LogP contribution is 2.13. The number of nitrogens with zero attached hydrogens (tertiary/aromatic N) is 2. The molecule has 6 heteroatoms. The summed E-state index contributed by atoms with van der Waals surface area (Å²) in [7, 11) is 1.82. The fourth-order valence-corrected chi connectivity index (χ4v) is 1.51. The van der Waals surface area contributed by atoms with E-state index in [1.165, 1.54) is 0 Å². The van der Waals surface area contributed by atoms with Gasteiger partial charge in [0, 0.05) is 13.2 Å². The van der Waals surface area contributed by atoms with E-state index < -0.39 is 12.7 Å². The van der Waals surface area contributed by atoms with E-state index in [1.54, 1.807) is 10.9 Å². The predicted octanol–water partition coefficient (Wildman–Crippen LogP) is 1.75. The van der Waals surface area contributed by atoms with Gasteiger partial charge in [-0.3, -0.25) is 4.68 Å². The van der Waals surface area contributed by atoms with Crippen molar-refractivity contribution < 1.29 is 13.2 Å². The summed E-state index contributed by atoms with van der Waals surface area (Å²) < 4.78 is 37.3. The highest BCUT2D eigenvalue weighted by Gasteiger charge is 2.26. The molecule has 1 rings (SSSR count). The largest absolute Gasteiger partial charge is 0.401 e. The molecule has 1 unspecified atom stereocenters. The first-order chi connectivity index (χ1) is 7.37. The van der Waals surface area contributed by atoms with E-state index >= 15 is 0 Å². The molecule has 1 aromatic rings. The van der Waals surface area contributed by atoms with Gasteiger partial charge in [-0.1, -0.05) is 6.92 Å². The average Bonchev–Trinajstić information content (AvgIpc) is 2.48. The Morgan fingerprint density at radius 3 is 2.69 bits per heavy atom. The fraction of sp³-hybridized carbons (Fsp3) is 0.700. The van der Waals surface area contributed by atoms with E-state index in [2.05, 4.69) is 10.4 Å². The van der Waals surface area contributed by atoms with Crippen molar-refractivity contribution in [2.75, 3.05) is 13.1 Å². The normalized spacial score (nSPS) is 14.1. The highest BCUT2D eigenvalue weighted by atomic mass is 19.4. The van der Waals surface area contributed by atoms with Gasteiger partial charge in [0.15, 0.2) is 0 Å². The van der Waals surface area contributed by atoms with Crippen LogP contribution >= 0.6 is 0 Å². The van der Waals surface area contributed by atoms with Gasteiger partial charge in [-0.05, 0) is 24.4 Å². The van der Waals surface area contributed by atoms with Crippen LogP contribution in [0.15, 0.2) is 12.4 Å². The number of nitrogens with one attached hydrogen (secondary N) is 1. The van der Waals surface area contributed by atoms with Crippen LogP contribution in [0, 0.1) is 5.92 Å². The van der Waals surface area contributed by atoms with Crippen LogP contribution < -0.4 is 5.32 Å². The van der Waals surface area contributed by atoms with Gasteiger partial charge in [-0.25, -0.2) is 0 Å². The molecule has 0 bridgehead atoms. The van der Waals surface area contributed by atoms with Crippen molar-refractivity contribution in [3.05, 3.63) is 18.0 Å². The third-order valence-electron chi connectivity index (χ3n) is 2.16. The zero-order valence-corrected chi connectivity index (χ0v) is 9.38. The topological polar surface area (TPSA) is 29.9 Å². The quantitative estimate of drug-likeness (QED) is 0.842. The van der Waals surface area contributed by atoms with Crippen LogP contribution in [0.1, 0.15) is 12.5 Å². The van der Waals surface area contributed by atoms with Crippen LogP contribution in [-0.2, 0) is 13.5 Å². The Morgan fingerprint density at radius 2 is 2.19 bits per heavy atom. The lowest BCUT2D eigenvalue weighted by Gasteiger charge is -2.12. The molecule has 3 nitrogen and oxygen atoms in total. The first kappa shape index (κ1) is 13.0. The number of hydrogen-bond donors (Lipinski definition) is 1. The van der Waals surface area contributed by atoms with Gasteiger partial charge in [-0.15, -0.1) is 0 Å². The maximum Gasteiger partial charge on any atom is 0.401 e. The summed E-state index contributed by atoms with van der Waals surface area (Å²) in [4.78, 5) is 0. The third kappa shape index (κ3) is 5.16. The van der Waals surface area contributed by atoms with Crippen molar-refractivity contribution >= 4 is 0 Å². The molecule has 0 aromatic carbocycles. The van der Waals surface area contributed by atoms with E-state index in [0.717, 1.165) is 12.0 Å². The lowest BCUT2D eigenvalue weighted by molar-refractivity contribution is -0.125. The van der Waals surface area contributed by atoms with Crippen LogP contribution in [0.4, 0.5) is 13.2 Å². The van der Waals surface area contributed by atoms with Gasteiger partial charge in [0.2, 0.25) is 0 Å². The molecule has 0 saturated heterocycles. The summed E-state index contributed by atoms with van der Waals surface area (Å²) in [6.07, 6.45) is 0.216. The Balaban J connectivity index is 2.23. The Hall–Kier alpha value is -1.04. The van der Waals surface area contributed by atoms with Crippen LogP contribution in [-0.4, -0.2) is 29.0 Å². The van der Waals surface area contributed by atoms with Crippen LogP contribution in [0.25, 0.3) is 0 Å². The molecule has 0 saturated carbocycles. The molecule has 0 aliphatic carbocycles. The van der Waals surface area contributed by atoms with E-state index in [9.17, 15) is 13.2 Å². The summed E-state index contributed by atoms with van der Waals surface area (Å²) in [5, 5.41) is 6.41. The van der Waals surface area contributed by atoms with E-state index in [-0.39, 0.29) is 5.92 Å². The molecule has 0 amide bonds. The number of alkyl halides is 3. The molecule has 92 valence electrons. The monoisotopic (exact) mass is 235 g/mol. The average molecular weight is 235 g/mol. The van der Waals surface area contributed by atoms with Crippen LogP contribution in [0.2, 0.25) is 0 Å². The predicted molar refractivity (Wildman–Crippen MR) is 55.0 cm³/mol. The molecule has 1 atom stereocenters. The first-order valence-corrected chi connectivity index (χ1v) is 5.12. The minimum Gasteiger partial charge on any atom is -0.308 e. The standard InChI is InChI=1S/C10H16F3N3/c1-8(4-14-7-10(11,12)13)3-9-5-15-16(2)6-9/h5-6,8,14H,3-4,7H2,1-2H3. The lowest BCUT2D eigenvalue weighted by Crippen LogP contribution is -2.32. The van der Waals surface area contributed by atoms with Gasteiger partial charge in [-0.2, -0.15) is 18.3 Å². The molecule has 0 spiro atoms. The lowest BCUT2D eigenvalue weighted by atomic mass is 10.0. The molecule has 1 N–H and O–H groups in total. The van der Waals surface area contributed by atoms with Gasteiger partial charge >= 0.3 is 6.18 Å². The smallest absolute Gasteiger partial charge is 0.308 e. The van der Waals surface area contributed by atoms with Gasteiger partial charge in [0.1, 0.15) is 0 Å². The van der Waals surface area contributed by atoms with Crippen LogP contribution in [0.5, 0.6) is 0 Å². The molecule has 1 heterocycles. The molecule has 0 radical (unpaired) electrons. The summed E-state index contributed by atoms with van der Waals surface area (Å²) in [6.45, 7) is 1.34. The van der Waals surface area contributed by atoms with E-state index in [0.29, 0.717) is 6.54 Å². The molecule has 0 fully saturated rings. The number of halogens is 3. The van der Waals surface area contributed by atoms with Gasteiger partial charge in [0.25, 0.3) is 0 Å². The zero-order chi connectivity index (χ0) is 12.2. The van der Waals surface area contributed by atoms with Crippen LogP contribution in [0.3, 0.4) is 0 Å². The zero-order valence-electron chi connectivity index (χ0n) is 9.38. The second-order valence-corrected chi connectivity index (χ2v) is 4.08. The summed E-state index contributed by atoms with van der Waals surface area (Å²) >= 11 is 0. The third-order valence-corrected chi connectivity index (χ3v) is 2.16. The second kappa shape index (κ2) is 5.34. The Labute approximate surface area is 92.6 Å². The highest BCUT2D eigenvalue weighted by molar-refractivity contribution is 5.04. The second-order valence-electron chi connectivity index (χ2n) is 4.08. The number of rotatable bonds is 5. The summed E-state index contributed by atoms with van der Waals surface area (Å²) in [5.41, 5.74) is 1.05. The molecule has 0 aliphatic heterocycles. The summed E-state index contributed by atoms with van der Waals surface area (Å²) in [5.74, 6) is 0.159. The number of aryl methyl sites for hydroxylation is 1. The maximum atomic E-state index is 11.9. The van der Waals surface area contributed by atoms with Gasteiger partial charge in [0.05, 0.1) is 12.7 Å². The molecular weight excluding hydrogens is 219 g/mol. The fourth-order valence-electron chi connectivity index (χ4n) is 1.51. The van der Waals surface area contributed by atoms with Crippen molar-refractivity contribution in [2.45, 2.75) is 19.5 Å². The first-order valence-electron chi connectivity index (χ1n) is 5.12. The van der Waals surface area contributed by atoms with Crippen molar-refractivity contribution in [1.82, 2.24) is 15.1 Å². The van der Waals surface area contributed by atoms with Crippen molar-refractivity contribution in [3.8, 4) is 0 Å². The Morgan fingerprint density at radius 1 is 1.50 bits per heavy atom. The summed E-state index contributed by atoms with van der Waals surface area (Å²) in [6, 6.07) is 0. The minimum atomic E-state index is -4.13. The Bertz CT molecular complexity index is 319. The van der Waals surface area contributed by atoms with Crippen molar-refractivity contribution in [1.29, 1.82) is 0 Å². The minimum absolute atomic E-state index is 0.159. The maximum absolute atomic E-state index is 11.9. The van der Waals surface area contributed by atoms with Crippen molar-refractivity contribution in [3.63, 3.8) is 0 Å². The molecule has 1 aromatic heterocycles. The SMILES string of the molecule is CC(CNCC(F)(F)F)Cc1cnn(C)c1. The van der Waals surface area contributed by atoms with Crippen molar-refractivity contribution in [2.24, 2.45) is 13.0 Å². The van der Waals surface area contributed by atoms with Gasteiger partial charge < -0.3 is 5.32 Å². The molecule has 16 heavy (non-hydrogen) atoms. The van der Waals surface area contributed by atoms with E-state index in [1.807, 2.05) is 20.2 Å². The van der Waals surface area contributed by atoms with E-state index in [4.69, 9.17) is 0 Å². The Kier molecular flexibility index (Phi) is 4.35.